The number of alkyl halides is 3. The van der Waals surface area contributed by atoms with Crippen LogP contribution in [0.5, 0.6) is 5.88 Å². The lowest BCUT2D eigenvalue weighted by Gasteiger charge is -2.22. The van der Waals surface area contributed by atoms with Gasteiger partial charge in [0.05, 0.1) is 5.39 Å². The molecule has 1 aliphatic rings. The zero-order valence-corrected chi connectivity index (χ0v) is 17.4. The van der Waals surface area contributed by atoms with Crippen molar-refractivity contribution in [1.29, 1.82) is 0 Å². The second-order valence-corrected chi connectivity index (χ2v) is 7.88. The Bertz CT molecular complexity index is 1110. The molecular weight excluding hydrogens is 435 g/mol. The van der Waals surface area contributed by atoms with E-state index in [4.69, 9.17) is 14.6 Å². The van der Waals surface area contributed by atoms with Gasteiger partial charge in [-0.2, -0.15) is 13.2 Å². The third-order valence-corrected chi connectivity index (χ3v) is 5.77. The molecule has 3 heterocycles. The van der Waals surface area contributed by atoms with Crippen molar-refractivity contribution in [2.24, 2.45) is 7.05 Å². The first-order valence-electron chi connectivity index (χ1n) is 9.54. The van der Waals surface area contributed by atoms with Gasteiger partial charge in [-0.15, -0.1) is 16.4 Å². The fourth-order valence-electron chi connectivity index (χ4n) is 3.28. The number of fused-ring (bicyclic) bond motifs is 1. The van der Waals surface area contributed by atoms with Gasteiger partial charge in [0.1, 0.15) is 10.8 Å². The van der Waals surface area contributed by atoms with Crippen LogP contribution in [0.25, 0.3) is 21.2 Å². The summed E-state index contributed by atoms with van der Waals surface area (Å²) >= 11 is 1.53. The zero-order chi connectivity index (χ0) is 22.6. The van der Waals surface area contributed by atoms with Gasteiger partial charge in [-0.3, -0.25) is 9.78 Å². The highest BCUT2D eigenvalue weighted by Crippen LogP contribution is 2.36. The van der Waals surface area contributed by atoms with Crippen LogP contribution in [-0.2, 0) is 11.8 Å². The van der Waals surface area contributed by atoms with E-state index in [9.17, 15) is 18.0 Å². The number of aliphatic carboxylic acids is 1. The molecule has 1 saturated carbocycles. The van der Waals surface area contributed by atoms with Crippen molar-refractivity contribution in [3.05, 3.63) is 40.3 Å². The molecule has 4 rings (SSSR count). The molecule has 3 aromatic rings. The van der Waals surface area contributed by atoms with E-state index in [2.05, 4.69) is 10.1 Å². The fourth-order valence-corrected chi connectivity index (χ4v) is 4.27. The van der Waals surface area contributed by atoms with Crippen molar-refractivity contribution >= 4 is 27.4 Å². The first-order chi connectivity index (χ1) is 14.7. The Morgan fingerprint density at radius 3 is 2.42 bits per heavy atom. The number of carboxylic acid groups (broad SMARTS) is 1. The number of ether oxygens (including phenoxy) is 1. The number of aryl methyl sites for hydroxylation is 1. The molecule has 0 atom stereocenters. The minimum absolute atomic E-state index is 0.0888. The molecule has 0 aromatic carbocycles. The SMILES string of the molecule is Cn1nc(OC2CCCCC2)c2scc(-c3ccncc3)c2c1=O.O=C(O)C(F)(F)F. The number of nitrogens with zero attached hydrogens (tertiary/aromatic N) is 3. The Balaban J connectivity index is 0.000000339. The molecule has 0 unspecified atom stereocenters. The maximum atomic E-state index is 12.7. The summed E-state index contributed by atoms with van der Waals surface area (Å²) in [6.07, 6.45) is 4.41. The van der Waals surface area contributed by atoms with Gasteiger partial charge in [0, 0.05) is 30.4 Å². The molecule has 0 amide bonds. The molecule has 0 aliphatic heterocycles. The van der Waals surface area contributed by atoms with E-state index in [1.165, 1.54) is 35.3 Å². The zero-order valence-electron chi connectivity index (χ0n) is 16.6. The van der Waals surface area contributed by atoms with Gasteiger partial charge in [-0.25, -0.2) is 9.48 Å². The van der Waals surface area contributed by atoms with Crippen LogP contribution in [0, 0.1) is 0 Å². The van der Waals surface area contributed by atoms with E-state index in [1.54, 1.807) is 19.4 Å². The number of halogens is 3. The van der Waals surface area contributed by atoms with Gasteiger partial charge in [0.25, 0.3) is 5.56 Å². The molecule has 0 spiro atoms. The predicted molar refractivity (Wildman–Crippen MR) is 109 cm³/mol. The quantitative estimate of drug-likeness (QED) is 0.629. The molecule has 1 fully saturated rings. The topological polar surface area (TPSA) is 94.3 Å². The van der Waals surface area contributed by atoms with Crippen LogP contribution in [-0.4, -0.2) is 38.1 Å². The molecule has 31 heavy (non-hydrogen) atoms. The highest BCUT2D eigenvalue weighted by molar-refractivity contribution is 7.18. The molecule has 1 aliphatic carbocycles. The second kappa shape index (κ2) is 9.46. The lowest BCUT2D eigenvalue weighted by atomic mass is 9.98. The fraction of sp³-hybridized carbons (Fsp3) is 0.400. The Morgan fingerprint density at radius 2 is 1.84 bits per heavy atom. The lowest BCUT2D eigenvalue weighted by molar-refractivity contribution is -0.192. The van der Waals surface area contributed by atoms with E-state index < -0.39 is 12.1 Å². The summed E-state index contributed by atoms with van der Waals surface area (Å²) in [5.74, 6) is -2.17. The second-order valence-electron chi connectivity index (χ2n) is 7.00. The highest BCUT2D eigenvalue weighted by Gasteiger charge is 2.38. The number of hydrogen-bond acceptors (Lipinski definition) is 6. The first kappa shape index (κ1) is 22.7. The number of carboxylic acids is 1. The van der Waals surface area contributed by atoms with Crippen LogP contribution < -0.4 is 10.3 Å². The molecule has 0 bridgehead atoms. The lowest BCUT2D eigenvalue weighted by Crippen LogP contribution is -2.24. The summed E-state index contributed by atoms with van der Waals surface area (Å²) in [6, 6.07) is 3.84. The average molecular weight is 455 g/mol. The smallest absolute Gasteiger partial charge is 0.475 e. The van der Waals surface area contributed by atoms with Gasteiger partial charge in [-0.05, 0) is 43.4 Å². The first-order valence-corrected chi connectivity index (χ1v) is 10.4. The van der Waals surface area contributed by atoms with Crippen LogP contribution in [0.4, 0.5) is 13.2 Å². The Morgan fingerprint density at radius 1 is 1.23 bits per heavy atom. The normalized spacial score (nSPS) is 14.7. The van der Waals surface area contributed by atoms with Crippen LogP contribution in [0.15, 0.2) is 34.7 Å². The minimum atomic E-state index is -5.08. The van der Waals surface area contributed by atoms with Gasteiger partial charge < -0.3 is 9.84 Å². The number of pyridine rings is 1. The van der Waals surface area contributed by atoms with Gasteiger partial charge in [0.15, 0.2) is 0 Å². The van der Waals surface area contributed by atoms with Gasteiger partial charge in [0.2, 0.25) is 5.88 Å². The van der Waals surface area contributed by atoms with Gasteiger partial charge in [-0.1, -0.05) is 6.42 Å². The van der Waals surface area contributed by atoms with Crippen molar-refractivity contribution in [3.8, 4) is 17.0 Å². The van der Waals surface area contributed by atoms with E-state index >= 15 is 0 Å². The summed E-state index contributed by atoms with van der Waals surface area (Å²) in [5, 5.41) is 14.2. The van der Waals surface area contributed by atoms with Crippen LogP contribution in [0.3, 0.4) is 0 Å². The minimum Gasteiger partial charge on any atom is -0.475 e. The van der Waals surface area contributed by atoms with E-state index in [-0.39, 0.29) is 11.7 Å². The van der Waals surface area contributed by atoms with Crippen molar-refractivity contribution in [2.75, 3.05) is 0 Å². The van der Waals surface area contributed by atoms with E-state index in [0.29, 0.717) is 11.3 Å². The van der Waals surface area contributed by atoms with Gasteiger partial charge >= 0.3 is 12.1 Å². The molecule has 7 nitrogen and oxygen atoms in total. The standard InChI is InChI=1S/C18H19N3O2S.C2HF3O2/c1-21-18(22)15-14(12-7-9-19-10-8-12)11-24-16(15)17(20-21)23-13-5-3-2-4-6-13;3-2(4,5)1(6)7/h7-11,13H,2-6H2,1H3;(H,6,7). The molecule has 1 N–H and O–H groups in total. The highest BCUT2D eigenvalue weighted by atomic mass is 32.1. The predicted octanol–water partition coefficient (Wildman–Crippen LogP) is 4.40. The van der Waals surface area contributed by atoms with Crippen LogP contribution >= 0.6 is 11.3 Å². The van der Waals surface area contributed by atoms with Crippen molar-refractivity contribution in [3.63, 3.8) is 0 Å². The maximum absolute atomic E-state index is 12.7. The van der Waals surface area contributed by atoms with Crippen LogP contribution in [0.2, 0.25) is 0 Å². The maximum Gasteiger partial charge on any atom is 0.490 e. The third kappa shape index (κ3) is 5.40. The molecular formula is C20H20F3N3O4S. The van der Waals surface area contributed by atoms with E-state index in [0.717, 1.165) is 28.7 Å². The summed E-state index contributed by atoms with van der Waals surface area (Å²) in [5.41, 5.74) is 1.83. The molecule has 0 saturated heterocycles. The van der Waals surface area contributed by atoms with Crippen LogP contribution in [0.1, 0.15) is 32.1 Å². The largest absolute Gasteiger partial charge is 0.490 e. The number of rotatable bonds is 3. The summed E-state index contributed by atoms with van der Waals surface area (Å²) < 4.78 is 40.1. The molecule has 3 aromatic heterocycles. The molecule has 0 radical (unpaired) electrons. The van der Waals surface area contributed by atoms with Crippen molar-refractivity contribution in [1.82, 2.24) is 14.8 Å². The number of thiophene rings is 1. The Hall–Kier alpha value is -2.95. The number of aromatic nitrogens is 3. The van der Waals surface area contributed by atoms with Crippen molar-refractivity contribution < 1.29 is 27.8 Å². The third-order valence-electron chi connectivity index (χ3n) is 4.80. The van der Waals surface area contributed by atoms with E-state index in [1.807, 2.05) is 17.5 Å². The monoisotopic (exact) mass is 455 g/mol. The number of hydrogen-bond donors (Lipinski definition) is 1. The van der Waals surface area contributed by atoms with Crippen molar-refractivity contribution in [2.45, 2.75) is 44.4 Å². The average Bonchev–Trinajstić information content (AvgIpc) is 3.19. The molecule has 11 heteroatoms. The Kier molecular flexibility index (Phi) is 6.94. The number of carbonyl (C=O) groups is 1. The summed E-state index contributed by atoms with van der Waals surface area (Å²) in [7, 11) is 1.68. The summed E-state index contributed by atoms with van der Waals surface area (Å²) in [4.78, 5) is 25.6. The summed E-state index contributed by atoms with van der Waals surface area (Å²) in [6.45, 7) is 0. The Labute approximate surface area is 179 Å². The molecule has 166 valence electrons.